The van der Waals surface area contributed by atoms with E-state index in [1.807, 2.05) is 0 Å². The molecule has 0 N–H and O–H groups in total. The van der Waals surface area contributed by atoms with Gasteiger partial charge >= 0.3 is 0 Å². The van der Waals surface area contributed by atoms with E-state index in [2.05, 4.69) is 219 Å². The minimum Gasteiger partial charge on any atom is -0.232 e. The summed E-state index contributed by atoms with van der Waals surface area (Å²) in [5.74, 6) is 0.737. The van der Waals surface area contributed by atoms with Crippen molar-refractivity contribution in [1.82, 2.24) is 0 Å². The van der Waals surface area contributed by atoms with Crippen molar-refractivity contribution in [2.24, 2.45) is 9.98 Å². The van der Waals surface area contributed by atoms with Gasteiger partial charge in [-0.05, 0) is 131 Å². The third-order valence-electron chi connectivity index (χ3n) is 14.2. The summed E-state index contributed by atoms with van der Waals surface area (Å²) in [6, 6.07) is 78.3. The van der Waals surface area contributed by atoms with Crippen molar-refractivity contribution in [1.29, 1.82) is 0 Å². The van der Waals surface area contributed by atoms with E-state index in [4.69, 9.17) is 9.98 Å². The SMILES string of the molecule is C\C1=C(c2ccc3c4ccccc4c4cccc(-c5ccc6c(c5)C5(c7ccccc7-c7ccccc75)c5ccccc5-6)c4c3c2)/N=C(c2ccccc2)\N=C(\c2ccccc2)CC1. The molecule has 2 heteroatoms. The summed E-state index contributed by atoms with van der Waals surface area (Å²) in [7, 11) is 0. The van der Waals surface area contributed by atoms with Crippen LogP contribution in [0.1, 0.15) is 58.7 Å². The third-order valence-corrected chi connectivity index (χ3v) is 14.2. The molecule has 1 heterocycles. The number of hydrogen-bond acceptors (Lipinski definition) is 2. The van der Waals surface area contributed by atoms with Crippen molar-refractivity contribution < 1.29 is 0 Å². The molecule has 0 fully saturated rings. The normalized spacial score (nSPS) is 17.5. The molecule has 10 aromatic rings. The van der Waals surface area contributed by atoms with Gasteiger partial charge < -0.3 is 0 Å². The lowest BCUT2D eigenvalue weighted by Gasteiger charge is -2.30. The van der Waals surface area contributed by atoms with Gasteiger partial charge in [0.1, 0.15) is 0 Å². The second kappa shape index (κ2) is 14.3. The Morgan fingerprint density at radius 3 is 1.53 bits per heavy atom. The smallest absolute Gasteiger partial charge is 0.160 e. The number of nitrogens with zero attached hydrogens (tertiary/aromatic N) is 2. The molecule has 2 aliphatic carbocycles. The molecular formula is C62H42N2. The largest absolute Gasteiger partial charge is 0.232 e. The topological polar surface area (TPSA) is 24.7 Å². The zero-order chi connectivity index (χ0) is 42.4. The maximum atomic E-state index is 5.51. The van der Waals surface area contributed by atoms with Crippen LogP contribution in [0.4, 0.5) is 0 Å². The molecule has 0 amide bonds. The summed E-state index contributed by atoms with van der Waals surface area (Å²) in [5.41, 5.74) is 19.3. The Morgan fingerprint density at radius 2 is 0.859 bits per heavy atom. The summed E-state index contributed by atoms with van der Waals surface area (Å²) < 4.78 is 0. The standard InChI is InChI=1S/C62H42N2/c1-39-31-36-58(40-17-4-2-5-18-40)63-61(41-19-6-3-7-20-41)64-60(39)43-33-34-47-45-21-8-9-22-46(45)52-27-16-26-44(59(52)53(47)37-43)42-32-35-51-50-25-12-15-30-56(50)62(57(51)38-42)54-28-13-10-23-48(54)49-24-11-14-29-55(49)62/h2-30,32-35,37-38H,31,36H2,1H3/b60-39+,63-58+,64-61-. The van der Waals surface area contributed by atoms with Gasteiger partial charge in [0.2, 0.25) is 0 Å². The Kier molecular flexibility index (Phi) is 8.20. The van der Waals surface area contributed by atoms with Crippen molar-refractivity contribution >= 4 is 49.6 Å². The van der Waals surface area contributed by atoms with E-state index < -0.39 is 5.41 Å². The monoisotopic (exact) mass is 814 g/mol. The number of rotatable bonds is 4. The Balaban J connectivity index is 1.06. The number of benzene rings is 10. The van der Waals surface area contributed by atoms with Crippen LogP contribution in [0.2, 0.25) is 0 Å². The van der Waals surface area contributed by atoms with E-state index >= 15 is 0 Å². The minimum atomic E-state index is -0.416. The van der Waals surface area contributed by atoms with Crippen LogP contribution in [-0.2, 0) is 5.41 Å². The third kappa shape index (κ3) is 5.33. The molecule has 1 aliphatic heterocycles. The van der Waals surface area contributed by atoms with E-state index in [0.29, 0.717) is 0 Å². The first-order valence-corrected chi connectivity index (χ1v) is 22.5. The van der Waals surface area contributed by atoms with Gasteiger partial charge in [-0.25, -0.2) is 9.98 Å². The number of fused-ring (bicyclic) bond motifs is 16. The molecule has 1 spiro atoms. The van der Waals surface area contributed by atoms with Gasteiger partial charge in [-0.15, -0.1) is 0 Å². The van der Waals surface area contributed by atoms with E-state index in [-0.39, 0.29) is 0 Å². The van der Waals surface area contributed by atoms with Gasteiger partial charge in [0.25, 0.3) is 0 Å². The maximum absolute atomic E-state index is 5.51. The Morgan fingerprint density at radius 1 is 0.344 bits per heavy atom. The molecule has 0 saturated heterocycles. The Bertz CT molecular complexity index is 3600. The second-order valence-electron chi connectivity index (χ2n) is 17.5. The van der Waals surface area contributed by atoms with Crippen LogP contribution >= 0.6 is 0 Å². The lowest BCUT2D eigenvalue weighted by molar-refractivity contribution is 0.794. The number of hydrogen-bond donors (Lipinski definition) is 0. The van der Waals surface area contributed by atoms with Crippen LogP contribution in [0.15, 0.2) is 228 Å². The maximum Gasteiger partial charge on any atom is 0.160 e. The first-order chi connectivity index (χ1) is 31.7. The average Bonchev–Trinajstić information content (AvgIpc) is 3.83. The van der Waals surface area contributed by atoms with Crippen LogP contribution in [0.25, 0.3) is 71.4 Å². The number of aliphatic imine (C=N–C) groups is 2. The van der Waals surface area contributed by atoms with Gasteiger partial charge in [0.05, 0.1) is 16.8 Å². The zero-order valence-corrected chi connectivity index (χ0v) is 35.5. The summed E-state index contributed by atoms with van der Waals surface area (Å²) in [4.78, 5) is 10.8. The first-order valence-electron chi connectivity index (χ1n) is 22.5. The lowest BCUT2D eigenvalue weighted by Crippen LogP contribution is -2.25. The fraction of sp³-hybridized carbons (Fsp3) is 0.0645. The van der Waals surface area contributed by atoms with Crippen molar-refractivity contribution in [3.8, 4) is 33.4 Å². The second-order valence-corrected chi connectivity index (χ2v) is 17.5. The molecule has 0 saturated carbocycles. The summed E-state index contributed by atoms with van der Waals surface area (Å²) >= 11 is 0. The highest BCUT2D eigenvalue weighted by Crippen LogP contribution is 2.63. The van der Waals surface area contributed by atoms with Crippen LogP contribution in [0.5, 0.6) is 0 Å². The molecule has 0 bridgehead atoms. The van der Waals surface area contributed by atoms with Crippen molar-refractivity contribution in [2.75, 3.05) is 0 Å². The first kappa shape index (κ1) is 36.7. The molecule has 2 nitrogen and oxygen atoms in total. The molecule has 0 atom stereocenters. The predicted octanol–water partition coefficient (Wildman–Crippen LogP) is 15.6. The summed E-state index contributed by atoms with van der Waals surface area (Å²) in [6.45, 7) is 2.25. The Labute approximate surface area is 373 Å². The highest BCUT2D eigenvalue weighted by atomic mass is 14.9. The molecule has 0 radical (unpaired) electrons. The van der Waals surface area contributed by atoms with Gasteiger partial charge in [0.15, 0.2) is 5.84 Å². The molecule has 0 unspecified atom stereocenters. The zero-order valence-electron chi connectivity index (χ0n) is 35.5. The van der Waals surface area contributed by atoms with Gasteiger partial charge in [-0.2, -0.15) is 0 Å². The molecule has 13 rings (SSSR count). The van der Waals surface area contributed by atoms with Gasteiger partial charge in [-0.3, -0.25) is 0 Å². The summed E-state index contributed by atoms with van der Waals surface area (Å²) in [6.07, 6.45) is 1.69. The molecule has 0 aromatic heterocycles. The van der Waals surface area contributed by atoms with Gasteiger partial charge in [0, 0.05) is 11.1 Å². The van der Waals surface area contributed by atoms with Crippen LogP contribution in [0.3, 0.4) is 0 Å². The van der Waals surface area contributed by atoms with Crippen LogP contribution < -0.4 is 0 Å². The minimum absolute atomic E-state index is 0.416. The predicted molar refractivity (Wildman–Crippen MR) is 268 cm³/mol. The fourth-order valence-electron chi connectivity index (χ4n) is 11.4. The van der Waals surface area contributed by atoms with E-state index in [1.165, 1.54) is 93.5 Å². The molecule has 64 heavy (non-hydrogen) atoms. The number of amidine groups is 1. The van der Waals surface area contributed by atoms with Gasteiger partial charge in [-0.1, -0.05) is 200 Å². The highest BCUT2D eigenvalue weighted by molar-refractivity contribution is 6.29. The van der Waals surface area contributed by atoms with E-state index in [0.717, 1.165) is 46.8 Å². The molecule has 10 aromatic carbocycles. The van der Waals surface area contributed by atoms with E-state index in [9.17, 15) is 0 Å². The lowest BCUT2D eigenvalue weighted by atomic mass is 9.70. The molecule has 3 aliphatic rings. The highest BCUT2D eigenvalue weighted by Gasteiger charge is 2.51. The number of allylic oxidation sites excluding steroid dienone is 1. The quantitative estimate of drug-likeness (QED) is 0.158. The van der Waals surface area contributed by atoms with Crippen LogP contribution in [0, 0.1) is 0 Å². The van der Waals surface area contributed by atoms with E-state index in [1.54, 1.807) is 0 Å². The average molecular weight is 815 g/mol. The van der Waals surface area contributed by atoms with Crippen molar-refractivity contribution in [2.45, 2.75) is 25.2 Å². The van der Waals surface area contributed by atoms with Crippen molar-refractivity contribution in [3.05, 3.63) is 257 Å². The molecular weight excluding hydrogens is 773 g/mol. The van der Waals surface area contributed by atoms with Crippen molar-refractivity contribution in [3.63, 3.8) is 0 Å². The summed E-state index contributed by atoms with van der Waals surface area (Å²) in [5, 5.41) is 7.49. The molecule has 300 valence electrons. The Hall–Kier alpha value is -7.94. The fourth-order valence-corrected chi connectivity index (χ4v) is 11.4. The van der Waals surface area contributed by atoms with Crippen LogP contribution in [-0.4, -0.2) is 11.5 Å².